The van der Waals surface area contributed by atoms with Crippen molar-refractivity contribution in [1.82, 2.24) is 15.5 Å². The first-order valence-electron chi connectivity index (χ1n) is 6.44. The fourth-order valence-electron chi connectivity index (χ4n) is 1.88. The van der Waals surface area contributed by atoms with Gasteiger partial charge in [-0.25, -0.2) is 0 Å². The second kappa shape index (κ2) is 6.86. The largest absolute Gasteiger partial charge is 0.355 e. The van der Waals surface area contributed by atoms with Crippen LogP contribution in [0.1, 0.15) is 33.6 Å². The SMILES string of the molecule is CCNC(=O)C(C)NCCN(CC)C1CC1. The van der Waals surface area contributed by atoms with Crippen molar-refractivity contribution < 1.29 is 4.79 Å². The first-order valence-corrected chi connectivity index (χ1v) is 6.44. The monoisotopic (exact) mass is 227 g/mol. The summed E-state index contributed by atoms with van der Waals surface area (Å²) in [7, 11) is 0. The highest BCUT2D eigenvalue weighted by molar-refractivity contribution is 5.81. The van der Waals surface area contributed by atoms with Crippen molar-refractivity contribution in [2.75, 3.05) is 26.2 Å². The summed E-state index contributed by atoms with van der Waals surface area (Å²) in [6, 6.07) is 0.726. The Morgan fingerprint density at radius 2 is 2.12 bits per heavy atom. The molecule has 1 saturated carbocycles. The summed E-state index contributed by atoms with van der Waals surface area (Å²) < 4.78 is 0. The number of carbonyl (C=O) groups excluding carboxylic acids is 1. The number of nitrogens with zero attached hydrogens (tertiary/aromatic N) is 1. The number of carbonyl (C=O) groups is 1. The summed E-state index contributed by atoms with van der Waals surface area (Å²) in [5, 5.41) is 6.08. The summed E-state index contributed by atoms with van der Waals surface area (Å²) in [6.45, 7) is 9.81. The molecular formula is C12H25N3O. The van der Waals surface area contributed by atoms with Crippen LogP contribution in [0, 0.1) is 0 Å². The van der Waals surface area contributed by atoms with Gasteiger partial charge in [0.1, 0.15) is 0 Å². The Bertz CT molecular complexity index is 216. The van der Waals surface area contributed by atoms with Crippen LogP contribution in [0.3, 0.4) is 0 Å². The molecule has 0 saturated heterocycles. The van der Waals surface area contributed by atoms with E-state index in [-0.39, 0.29) is 11.9 Å². The third-order valence-corrected chi connectivity index (χ3v) is 3.06. The molecule has 4 heteroatoms. The number of hydrogen-bond acceptors (Lipinski definition) is 3. The van der Waals surface area contributed by atoms with Crippen molar-refractivity contribution in [2.45, 2.75) is 45.7 Å². The number of nitrogens with one attached hydrogen (secondary N) is 2. The molecule has 94 valence electrons. The van der Waals surface area contributed by atoms with Gasteiger partial charge in [0.05, 0.1) is 6.04 Å². The van der Waals surface area contributed by atoms with Gasteiger partial charge in [0.25, 0.3) is 0 Å². The van der Waals surface area contributed by atoms with E-state index < -0.39 is 0 Å². The fourth-order valence-corrected chi connectivity index (χ4v) is 1.88. The van der Waals surface area contributed by atoms with E-state index in [0.717, 1.165) is 25.7 Å². The number of amides is 1. The predicted octanol–water partition coefficient (Wildman–Crippen LogP) is 0.585. The lowest BCUT2D eigenvalue weighted by molar-refractivity contribution is -0.122. The minimum absolute atomic E-state index is 0.0853. The molecule has 1 rings (SSSR count). The van der Waals surface area contributed by atoms with Crippen molar-refractivity contribution in [3.05, 3.63) is 0 Å². The Morgan fingerprint density at radius 1 is 1.44 bits per heavy atom. The van der Waals surface area contributed by atoms with E-state index in [4.69, 9.17) is 0 Å². The first-order chi connectivity index (χ1) is 7.69. The highest BCUT2D eigenvalue weighted by Crippen LogP contribution is 2.25. The van der Waals surface area contributed by atoms with Crippen molar-refractivity contribution in [2.24, 2.45) is 0 Å². The topological polar surface area (TPSA) is 44.4 Å². The Balaban J connectivity index is 2.11. The summed E-state index contributed by atoms with van der Waals surface area (Å²) in [5.74, 6) is 0.0944. The summed E-state index contributed by atoms with van der Waals surface area (Å²) in [4.78, 5) is 13.9. The number of likely N-dealkylation sites (N-methyl/N-ethyl adjacent to an activating group) is 2. The quantitative estimate of drug-likeness (QED) is 0.638. The average Bonchev–Trinajstić information content (AvgIpc) is 3.08. The lowest BCUT2D eigenvalue weighted by Gasteiger charge is -2.21. The molecule has 1 aliphatic rings. The van der Waals surface area contributed by atoms with Crippen molar-refractivity contribution in [1.29, 1.82) is 0 Å². The van der Waals surface area contributed by atoms with Crippen LogP contribution in [0.25, 0.3) is 0 Å². The van der Waals surface area contributed by atoms with E-state index in [1.165, 1.54) is 12.8 Å². The molecule has 1 fully saturated rings. The molecule has 1 aliphatic carbocycles. The van der Waals surface area contributed by atoms with E-state index in [9.17, 15) is 4.79 Å². The van der Waals surface area contributed by atoms with Gasteiger partial charge in [-0.1, -0.05) is 6.92 Å². The standard InChI is InChI=1S/C12H25N3O/c1-4-13-12(16)10(3)14-8-9-15(5-2)11-6-7-11/h10-11,14H,4-9H2,1-3H3,(H,13,16). The molecule has 0 spiro atoms. The van der Waals surface area contributed by atoms with Crippen molar-refractivity contribution >= 4 is 5.91 Å². The van der Waals surface area contributed by atoms with Crippen molar-refractivity contribution in [3.8, 4) is 0 Å². The average molecular weight is 227 g/mol. The van der Waals surface area contributed by atoms with E-state index in [1.807, 2.05) is 13.8 Å². The third-order valence-electron chi connectivity index (χ3n) is 3.06. The Morgan fingerprint density at radius 3 is 2.62 bits per heavy atom. The molecule has 0 aliphatic heterocycles. The summed E-state index contributed by atoms with van der Waals surface area (Å²) in [5.41, 5.74) is 0. The van der Waals surface area contributed by atoms with Crippen LogP contribution in [0.5, 0.6) is 0 Å². The zero-order chi connectivity index (χ0) is 12.0. The Labute approximate surface area is 98.8 Å². The number of hydrogen-bond donors (Lipinski definition) is 2. The van der Waals surface area contributed by atoms with Crippen LogP contribution in [0.2, 0.25) is 0 Å². The predicted molar refractivity (Wildman–Crippen MR) is 66.4 cm³/mol. The molecule has 2 N–H and O–H groups in total. The van der Waals surface area contributed by atoms with Crippen LogP contribution < -0.4 is 10.6 Å². The fraction of sp³-hybridized carbons (Fsp3) is 0.917. The van der Waals surface area contributed by atoms with Crippen LogP contribution in [-0.4, -0.2) is 49.1 Å². The molecule has 0 aromatic rings. The molecule has 0 radical (unpaired) electrons. The lowest BCUT2D eigenvalue weighted by atomic mass is 10.3. The smallest absolute Gasteiger partial charge is 0.236 e. The van der Waals surface area contributed by atoms with Gasteiger partial charge in [0.2, 0.25) is 5.91 Å². The first kappa shape index (κ1) is 13.5. The van der Waals surface area contributed by atoms with Gasteiger partial charge in [-0.05, 0) is 33.2 Å². The maximum absolute atomic E-state index is 11.4. The van der Waals surface area contributed by atoms with Crippen molar-refractivity contribution in [3.63, 3.8) is 0 Å². The molecule has 0 heterocycles. The van der Waals surface area contributed by atoms with E-state index in [0.29, 0.717) is 6.54 Å². The van der Waals surface area contributed by atoms with E-state index >= 15 is 0 Å². The zero-order valence-corrected chi connectivity index (χ0v) is 10.8. The highest BCUT2D eigenvalue weighted by Gasteiger charge is 2.27. The van der Waals surface area contributed by atoms with Crippen LogP contribution >= 0.6 is 0 Å². The Hall–Kier alpha value is -0.610. The molecule has 4 nitrogen and oxygen atoms in total. The van der Waals surface area contributed by atoms with Gasteiger partial charge >= 0.3 is 0 Å². The molecule has 0 aromatic heterocycles. The normalized spacial score (nSPS) is 17.5. The lowest BCUT2D eigenvalue weighted by Crippen LogP contribution is -2.45. The van der Waals surface area contributed by atoms with Gasteiger partial charge < -0.3 is 10.6 Å². The molecule has 16 heavy (non-hydrogen) atoms. The molecular weight excluding hydrogens is 202 g/mol. The Kier molecular flexibility index (Phi) is 5.77. The number of rotatable bonds is 8. The van der Waals surface area contributed by atoms with Gasteiger partial charge in [-0.15, -0.1) is 0 Å². The van der Waals surface area contributed by atoms with Gasteiger partial charge in [0, 0.05) is 25.7 Å². The molecule has 1 unspecified atom stereocenters. The third kappa shape index (κ3) is 4.49. The van der Waals surface area contributed by atoms with E-state index in [1.54, 1.807) is 0 Å². The van der Waals surface area contributed by atoms with Gasteiger partial charge in [-0.2, -0.15) is 0 Å². The second-order valence-electron chi connectivity index (χ2n) is 4.43. The minimum atomic E-state index is -0.0853. The molecule has 1 amide bonds. The summed E-state index contributed by atoms with van der Waals surface area (Å²) >= 11 is 0. The maximum atomic E-state index is 11.4. The molecule has 0 bridgehead atoms. The van der Waals surface area contributed by atoms with Crippen LogP contribution in [0.4, 0.5) is 0 Å². The second-order valence-corrected chi connectivity index (χ2v) is 4.43. The zero-order valence-electron chi connectivity index (χ0n) is 10.8. The van der Waals surface area contributed by atoms with Gasteiger partial charge in [0.15, 0.2) is 0 Å². The molecule has 0 aromatic carbocycles. The van der Waals surface area contributed by atoms with E-state index in [2.05, 4.69) is 22.5 Å². The van der Waals surface area contributed by atoms with Gasteiger partial charge in [-0.3, -0.25) is 9.69 Å². The highest BCUT2D eigenvalue weighted by atomic mass is 16.2. The molecule has 1 atom stereocenters. The van der Waals surface area contributed by atoms with Crippen LogP contribution in [-0.2, 0) is 4.79 Å². The minimum Gasteiger partial charge on any atom is -0.355 e. The van der Waals surface area contributed by atoms with Crippen LogP contribution in [0.15, 0.2) is 0 Å². The maximum Gasteiger partial charge on any atom is 0.236 e. The summed E-state index contributed by atoms with van der Waals surface area (Å²) in [6.07, 6.45) is 2.69.